The third-order valence-corrected chi connectivity index (χ3v) is 12.7. The topological polar surface area (TPSA) is 152 Å². The lowest BCUT2D eigenvalue weighted by Gasteiger charge is -2.63. The zero-order valence-corrected chi connectivity index (χ0v) is 31.9. The van der Waals surface area contributed by atoms with Crippen LogP contribution in [-0.2, 0) is 22.7 Å². The molecule has 1 atom stereocenters. The van der Waals surface area contributed by atoms with Crippen LogP contribution in [0.4, 0.5) is 5.69 Å². The van der Waals surface area contributed by atoms with Gasteiger partial charge in [-0.3, -0.25) is 39.1 Å². The van der Waals surface area contributed by atoms with Crippen molar-refractivity contribution >= 4 is 35.2 Å². The molecule has 5 amide bonds. The predicted octanol–water partition coefficient (Wildman–Crippen LogP) is 4.86. The fourth-order valence-corrected chi connectivity index (χ4v) is 9.95. The molecule has 3 fully saturated rings. The van der Waals surface area contributed by atoms with E-state index < -0.39 is 29.7 Å². The van der Waals surface area contributed by atoms with Crippen LogP contribution in [0.2, 0.25) is 0 Å². The van der Waals surface area contributed by atoms with Crippen LogP contribution >= 0.6 is 0 Å². The van der Waals surface area contributed by atoms with Gasteiger partial charge in [0.15, 0.2) is 0 Å². The van der Waals surface area contributed by atoms with E-state index in [4.69, 9.17) is 4.74 Å². The van der Waals surface area contributed by atoms with E-state index in [2.05, 4.69) is 54.2 Å². The van der Waals surface area contributed by atoms with Crippen LogP contribution in [0, 0.1) is 29.1 Å². The molecule has 0 bridgehead atoms. The van der Waals surface area contributed by atoms with Gasteiger partial charge in [0.05, 0.1) is 22.8 Å². The highest BCUT2D eigenvalue weighted by atomic mass is 16.5. The normalized spacial score (nSPS) is 24.5. The van der Waals surface area contributed by atoms with Crippen LogP contribution in [0.1, 0.15) is 107 Å². The Bertz CT molecular complexity index is 2120. The number of rotatable bonds is 7. The van der Waals surface area contributed by atoms with Crippen LogP contribution in [-0.4, -0.2) is 76.7 Å². The van der Waals surface area contributed by atoms with Gasteiger partial charge in [0.1, 0.15) is 17.9 Å². The van der Waals surface area contributed by atoms with Crippen molar-refractivity contribution in [1.29, 1.82) is 5.26 Å². The summed E-state index contributed by atoms with van der Waals surface area (Å²) in [7, 11) is 0. The maximum Gasteiger partial charge on any atom is 0.262 e. The molecule has 1 unspecified atom stereocenters. The van der Waals surface area contributed by atoms with Gasteiger partial charge in [0.2, 0.25) is 11.8 Å². The number of nitrogens with one attached hydrogen (secondary N) is 2. The van der Waals surface area contributed by atoms with Crippen molar-refractivity contribution in [2.75, 3.05) is 18.0 Å². The van der Waals surface area contributed by atoms with Crippen molar-refractivity contribution in [2.45, 2.75) is 97.6 Å². The van der Waals surface area contributed by atoms with Crippen molar-refractivity contribution in [3.05, 3.63) is 93.5 Å². The number of amides is 5. The van der Waals surface area contributed by atoms with Gasteiger partial charge in [-0.2, -0.15) is 5.26 Å². The number of ether oxygens (including phenoxy) is 1. The molecule has 12 heteroatoms. The summed E-state index contributed by atoms with van der Waals surface area (Å²) < 4.78 is 6.46. The van der Waals surface area contributed by atoms with Gasteiger partial charge >= 0.3 is 0 Å². The van der Waals surface area contributed by atoms with Gasteiger partial charge in [-0.25, -0.2) is 0 Å². The molecule has 4 aliphatic heterocycles. The van der Waals surface area contributed by atoms with E-state index in [0.717, 1.165) is 59.0 Å². The fraction of sp³-hybridized carbons (Fsp3) is 0.442. The highest BCUT2D eigenvalue weighted by molar-refractivity contribution is 6.23. The number of hydrogen-bond donors (Lipinski definition) is 2. The van der Waals surface area contributed by atoms with E-state index in [-0.39, 0.29) is 41.7 Å². The summed E-state index contributed by atoms with van der Waals surface area (Å²) in [6.45, 7) is 13.5. The number of aryl methyl sites for hydroxylation is 1. The van der Waals surface area contributed by atoms with Crippen molar-refractivity contribution in [1.82, 2.24) is 20.4 Å². The minimum atomic E-state index is -0.969. The monoisotopic (exact) mass is 742 g/mol. The number of nitriles is 1. The summed E-state index contributed by atoms with van der Waals surface area (Å²) in [6.07, 6.45) is 2.00. The Morgan fingerprint density at radius 1 is 0.873 bits per heavy atom. The van der Waals surface area contributed by atoms with Gasteiger partial charge in [0.25, 0.3) is 17.7 Å². The molecular weight excluding hydrogens is 697 g/mol. The smallest absolute Gasteiger partial charge is 0.262 e. The average molecular weight is 743 g/mol. The first kappa shape index (κ1) is 36.4. The van der Waals surface area contributed by atoms with Crippen molar-refractivity contribution < 1.29 is 28.7 Å². The first-order chi connectivity index (χ1) is 26.2. The molecule has 0 spiro atoms. The lowest BCUT2D eigenvalue weighted by molar-refractivity contribution is -0.164. The Morgan fingerprint density at radius 2 is 1.49 bits per heavy atom. The molecule has 0 aromatic heterocycles. The van der Waals surface area contributed by atoms with Crippen LogP contribution in [0.3, 0.4) is 0 Å². The minimum Gasteiger partial charge on any atom is -0.489 e. The number of hydrogen-bond acceptors (Lipinski definition) is 9. The number of carbonyl (C=O) groups excluding carboxylic acids is 5. The SMILES string of the molecule is Cc1cc(O[C@H]2C(C)(C)[C@H](NC(=O)c3ccc(N4CCC(N5Cc6cc7c(cc6C5)C(=O)N(C5CCC(=O)NC5=O)C7=O)CC4)cc3)C2(C)C)ccc1C#N. The molecular formula is C43H46N6O6. The molecule has 284 valence electrons. The van der Waals surface area contributed by atoms with E-state index in [9.17, 15) is 29.2 Å². The maximum atomic E-state index is 13.5. The standard InChI is InChI=1S/C43H46N6O6/c1-24-18-31(11-8-26(24)21-44)55-41-42(2,3)40(43(41,4)5)46-36(51)25-6-9-29(10-7-25)47-16-14-30(15-17-47)48-22-27-19-32-33(20-28(27)23-48)39(54)49(38(32)53)34-12-13-35(50)45-37(34)52/h6-11,18-20,30,34,40-41H,12-17,22-23H2,1-5H3,(H,46,51)(H,45,50,52)/t34?,40-,41-. The highest BCUT2D eigenvalue weighted by Gasteiger charge is 2.64. The maximum absolute atomic E-state index is 13.5. The molecule has 1 saturated carbocycles. The molecule has 1 aliphatic carbocycles. The molecule has 3 aromatic carbocycles. The molecule has 2 saturated heterocycles. The van der Waals surface area contributed by atoms with E-state index in [1.165, 1.54) is 0 Å². The number of fused-ring (bicyclic) bond motifs is 2. The lowest BCUT2D eigenvalue weighted by atomic mass is 9.49. The number of benzene rings is 3. The summed E-state index contributed by atoms with van der Waals surface area (Å²) in [5.41, 5.74) is 5.24. The summed E-state index contributed by atoms with van der Waals surface area (Å²) in [6, 6.07) is 18.4. The van der Waals surface area contributed by atoms with Crippen LogP contribution in [0.5, 0.6) is 5.75 Å². The zero-order valence-electron chi connectivity index (χ0n) is 31.9. The number of nitrogens with zero attached hydrogens (tertiary/aromatic N) is 4. The summed E-state index contributed by atoms with van der Waals surface area (Å²) in [5, 5.41) is 14.8. The number of piperidine rings is 2. The molecule has 5 aliphatic rings. The Kier molecular flexibility index (Phi) is 8.84. The summed E-state index contributed by atoms with van der Waals surface area (Å²) in [4.78, 5) is 70.1. The van der Waals surface area contributed by atoms with Gasteiger partial charge in [-0.1, -0.05) is 27.7 Å². The zero-order chi connectivity index (χ0) is 39.0. The van der Waals surface area contributed by atoms with Crippen molar-refractivity contribution in [2.24, 2.45) is 10.8 Å². The Morgan fingerprint density at radius 3 is 2.05 bits per heavy atom. The van der Waals surface area contributed by atoms with Gasteiger partial charge in [0, 0.05) is 66.8 Å². The molecule has 0 radical (unpaired) electrons. The second-order valence-corrected chi connectivity index (χ2v) is 16.9. The molecule has 12 nitrogen and oxygen atoms in total. The van der Waals surface area contributed by atoms with Crippen molar-refractivity contribution in [3.63, 3.8) is 0 Å². The molecule has 8 rings (SSSR count). The van der Waals surface area contributed by atoms with E-state index in [0.29, 0.717) is 41.4 Å². The Hall–Kier alpha value is -5.54. The third kappa shape index (κ3) is 6.15. The first-order valence-corrected chi connectivity index (χ1v) is 19.1. The van der Waals surface area contributed by atoms with E-state index in [1.807, 2.05) is 55.5 Å². The van der Waals surface area contributed by atoms with E-state index >= 15 is 0 Å². The minimum absolute atomic E-state index is 0.0925. The predicted molar refractivity (Wildman–Crippen MR) is 203 cm³/mol. The van der Waals surface area contributed by atoms with Crippen molar-refractivity contribution in [3.8, 4) is 11.8 Å². The van der Waals surface area contributed by atoms with E-state index in [1.54, 1.807) is 6.07 Å². The lowest BCUT2D eigenvalue weighted by Crippen LogP contribution is -2.74. The van der Waals surface area contributed by atoms with Gasteiger partial charge in [-0.05, 0) is 97.5 Å². The molecule has 4 heterocycles. The first-order valence-electron chi connectivity index (χ1n) is 19.1. The second-order valence-electron chi connectivity index (χ2n) is 16.9. The highest BCUT2D eigenvalue weighted by Crippen LogP contribution is 2.55. The number of imide groups is 2. The summed E-state index contributed by atoms with van der Waals surface area (Å²) >= 11 is 0. The van der Waals surface area contributed by atoms with Gasteiger partial charge < -0.3 is 15.0 Å². The number of carbonyl (C=O) groups is 5. The molecule has 2 N–H and O–H groups in total. The third-order valence-electron chi connectivity index (χ3n) is 12.7. The van der Waals surface area contributed by atoms with Crippen LogP contribution in [0.15, 0.2) is 54.6 Å². The van der Waals surface area contributed by atoms with Crippen LogP contribution < -0.4 is 20.3 Å². The molecule has 3 aromatic rings. The Labute approximate surface area is 320 Å². The average Bonchev–Trinajstić information content (AvgIpc) is 3.69. The second kappa shape index (κ2) is 13.3. The number of anilines is 1. The van der Waals surface area contributed by atoms with Gasteiger partial charge in [-0.15, -0.1) is 0 Å². The summed E-state index contributed by atoms with van der Waals surface area (Å²) in [5.74, 6) is -1.34. The Balaban J connectivity index is 0.846. The molecule has 55 heavy (non-hydrogen) atoms. The fourth-order valence-electron chi connectivity index (χ4n) is 9.95. The van der Waals surface area contributed by atoms with Crippen LogP contribution in [0.25, 0.3) is 0 Å². The quantitative estimate of drug-likeness (QED) is 0.323. The largest absolute Gasteiger partial charge is 0.489 e.